The molecule has 0 saturated carbocycles. The zero-order valence-electron chi connectivity index (χ0n) is 9.61. The van der Waals surface area contributed by atoms with E-state index in [9.17, 15) is 4.79 Å². The van der Waals surface area contributed by atoms with Gasteiger partial charge in [-0.1, -0.05) is 12.1 Å². The van der Waals surface area contributed by atoms with Crippen molar-refractivity contribution in [2.45, 2.75) is 6.10 Å². The van der Waals surface area contributed by atoms with E-state index in [4.69, 9.17) is 4.84 Å². The predicted octanol–water partition coefficient (Wildman–Crippen LogP) is 2.20. The van der Waals surface area contributed by atoms with Crippen molar-refractivity contribution in [3.8, 4) is 0 Å². The molecule has 1 aromatic carbocycles. The average molecular weight is 297 g/mol. The van der Waals surface area contributed by atoms with Gasteiger partial charge in [0.15, 0.2) is 0 Å². The molecule has 0 aliphatic carbocycles. The molecule has 0 spiro atoms. The molecule has 0 bridgehead atoms. The number of amides is 1. The molecule has 1 aromatic rings. The Bertz CT molecular complexity index is 454. The summed E-state index contributed by atoms with van der Waals surface area (Å²) in [5, 5.41) is 0. The molecule has 1 N–H and O–H groups in total. The normalized spacial score (nSPS) is 18.5. The molecule has 1 aliphatic heterocycles. The minimum Gasteiger partial charge on any atom is -0.345 e. The van der Waals surface area contributed by atoms with E-state index < -0.39 is 0 Å². The molecule has 5 heteroatoms. The third-order valence-electron chi connectivity index (χ3n) is 2.47. The predicted molar refractivity (Wildman–Crippen MR) is 68.4 cm³/mol. The number of nitrogens with zero attached hydrogens (tertiary/aromatic N) is 1. The molecule has 17 heavy (non-hydrogen) atoms. The summed E-state index contributed by atoms with van der Waals surface area (Å²) < 4.78 is 0.816. The highest BCUT2D eigenvalue weighted by Gasteiger charge is 2.17. The molecular weight excluding hydrogens is 284 g/mol. The third-order valence-corrected chi connectivity index (χ3v) is 2.90. The Morgan fingerprint density at radius 3 is 2.47 bits per heavy atom. The molecule has 0 fully saturated rings. The number of halogens is 1. The van der Waals surface area contributed by atoms with Crippen LogP contribution in [0.2, 0.25) is 0 Å². The summed E-state index contributed by atoms with van der Waals surface area (Å²) in [4.78, 5) is 18.6. The second-order valence-electron chi connectivity index (χ2n) is 3.98. The highest BCUT2D eigenvalue weighted by Crippen LogP contribution is 2.26. The van der Waals surface area contributed by atoms with Gasteiger partial charge in [0.2, 0.25) is 0 Å². The fourth-order valence-corrected chi connectivity index (χ4v) is 1.89. The minimum absolute atomic E-state index is 0.00117. The summed E-state index contributed by atoms with van der Waals surface area (Å²) in [6.45, 7) is 0. The second-order valence-corrected chi connectivity index (χ2v) is 4.83. The van der Waals surface area contributed by atoms with Crippen molar-refractivity contribution in [3.63, 3.8) is 0 Å². The highest BCUT2D eigenvalue weighted by atomic mass is 79.9. The van der Waals surface area contributed by atoms with Crippen LogP contribution in [0.25, 0.3) is 0 Å². The Morgan fingerprint density at radius 2 is 2.00 bits per heavy atom. The van der Waals surface area contributed by atoms with Gasteiger partial charge in [-0.25, -0.2) is 0 Å². The molecule has 1 amide bonds. The van der Waals surface area contributed by atoms with Crippen LogP contribution in [-0.2, 0) is 4.84 Å². The van der Waals surface area contributed by atoms with E-state index in [1.165, 1.54) is 0 Å². The van der Waals surface area contributed by atoms with Crippen molar-refractivity contribution >= 4 is 21.8 Å². The first kappa shape index (κ1) is 12.1. The number of benzene rings is 1. The van der Waals surface area contributed by atoms with Crippen LogP contribution in [0.5, 0.6) is 0 Å². The lowest BCUT2D eigenvalue weighted by Crippen LogP contribution is -2.21. The van der Waals surface area contributed by atoms with Gasteiger partial charge in [-0.05, 0) is 39.7 Å². The first-order valence-corrected chi connectivity index (χ1v) is 5.98. The quantitative estimate of drug-likeness (QED) is 0.851. The van der Waals surface area contributed by atoms with Crippen LogP contribution in [0.15, 0.2) is 34.9 Å². The van der Waals surface area contributed by atoms with Gasteiger partial charge in [-0.3, -0.25) is 15.1 Å². The first-order chi connectivity index (χ1) is 8.08. The van der Waals surface area contributed by atoms with Crippen LogP contribution in [0.3, 0.4) is 0 Å². The van der Waals surface area contributed by atoms with Gasteiger partial charge in [0.1, 0.15) is 10.7 Å². The Labute approximate surface area is 108 Å². The fourth-order valence-electron chi connectivity index (χ4n) is 1.56. The second kappa shape index (κ2) is 4.89. The zero-order valence-corrected chi connectivity index (χ0v) is 11.2. The van der Waals surface area contributed by atoms with E-state index in [2.05, 4.69) is 21.4 Å². The van der Waals surface area contributed by atoms with Gasteiger partial charge in [0.25, 0.3) is 5.91 Å². The molecule has 1 heterocycles. The van der Waals surface area contributed by atoms with E-state index >= 15 is 0 Å². The molecule has 0 unspecified atom stereocenters. The number of hydrogen-bond acceptors (Lipinski definition) is 3. The van der Waals surface area contributed by atoms with Gasteiger partial charge in [-0.15, -0.1) is 0 Å². The van der Waals surface area contributed by atoms with Crippen LogP contribution >= 0.6 is 15.9 Å². The molecule has 1 aliphatic rings. The molecule has 0 saturated heterocycles. The van der Waals surface area contributed by atoms with Crippen molar-refractivity contribution < 1.29 is 9.63 Å². The summed E-state index contributed by atoms with van der Waals surface area (Å²) in [5.41, 5.74) is 4.40. The van der Waals surface area contributed by atoms with Gasteiger partial charge in [0.05, 0.1) is 0 Å². The maximum atomic E-state index is 11.7. The largest absolute Gasteiger partial charge is 0.345 e. The molecule has 2 rings (SSSR count). The lowest BCUT2D eigenvalue weighted by Gasteiger charge is -2.11. The number of hydrogen-bond donors (Lipinski definition) is 1. The molecule has 90 valence electrons. The average Bonchev–Trinajstić information content (AvgIpc) is 2.75. The van der Waals surface area contributed by atoms with Gasteiger partial charge in [0, 0.05) is 19.7 Å². The lowest BCUT2D eigenvalue weighted by atomic mass is 10.1. The van der Waals surface area contributed by atoms with Crippen LogP contribution in [0, 0.1) is 0 Å². The van der Waals surface area contributed by atoms with E-state index in [1.807, 2.05) is 18.2 Å². The smallest absolute Gasteiger partial charge is 0.253 e. The van der Waals surface area contributed by atoms with Crippen LogP contribution in [-0.4, -0.2) is 24.9 Å². The third kappa shape index (κ3) is 2.68. The summed E-state index contributed by atoms with van der Waals surface area (Å²) in [6.07, 6.45) is 1.80. The van der Waals surface area contributed by atoms with Crippen molar-refractivity contribution in [1.29, 1.82) is 0 Å². The fraction of sp³-hybridized carbons (Fsp3) is 0.250. The van der Waals surface area contributed by atoms with Crippen molar-refractivity contribution in [1.82, 2.24) is 10.4 Å². The summed E-state index contributed by atoms with van der Waals surface area (Å²) in [5.74, 6) is -0.00117. The maximum Gasteiger partial charge on any atom is 0.253 e. The molecule has 0 radical (unpaired) electrons. The lowest BCUT2D eigenvalue weighted by molar-refractivity contribution is 0.0457. The van der Waals surface area contributed by atoms with Crippen molar-refractivity contribution in [2.75, 3.05) is 14.1 Å². The minimum atomic E-state index is -0.118. The number of hydroxylamine groups is 1. The molecular formula is C12H13BrN2O2. The topological polar surface area (TPSA) is 41.6 Å². The summed E-state index contributed by atoms with van der Waals surface area (Å²) >= 11 is 3.30. The summed E-state index contributed by atoms with van der Waals surface area (Å²) in [6, 6.07) is 7.40. The van der Waals surface area contributed by atoms with Crippen LogP contribution in [0.4, 0.5) is 0 Å². The Balaban J connectivity index is 2.16. The molecule has 0 aromatic heterocycles. The van der Waals surface area contributed by atoms with E-state index in [0.29, 0.717) is 5.56 Å². The summed E-state index contributed by atoms with van der Waals surface area (Å²) in [7, 11) is 3.47. The van der Waals surface area contributed by atoms with E-state index in [0.717, 1.165) is 10.2 Å². The van der Waals surface area contributed by atoms with Crippen LogP contribution in [0.1, 0.15) is 22.0 Å². The standard InChI is InChI=1S/C12H13BrN2O2/c1-15(2)12(16)9-5-3-8(4-6-9)10-7-11(13)14-17-10/h3-7,10,14H,1-2H3/t10-/m1/s1. The highest BCUT2D eigenvalue weighted by molar-refractivity contribution is 9.11. The number of carbonyl (C=O) groups excluding carboxylic acids is 1. The van der Waals surface area contributed by atoms with Crippen molar-refractivity contribution in [2.24, 2.45) is 0 Å². The number of carbonyl (C=O) groups is 1. The number of rotatable bonds is 2. The van der Waals surface area contributed by atoms with Gasteiger partial charge in [-0.2, -0.15) is 0 Å². The van der Waals surface area contributed by atoms with E-state index in [1.54, 1.807) is 31.1 Å². The molecule has 1 atom stereocenters. The number of nitrogens with one attached hydrogen (secondary N) is 1. The van der Waals surface area contributed by atoms with Crippen molar-refractivity contribution in [3.05, 3.63) is 46.1 Å². The Morgan fingerprint density at radius 1 is 1.35 bits per heavy atom. The first-order valence-electron chi connectivity index (χ1n) is 5.18. The van der Waals surface area contributed by atoms with Gasteiger partial charge >= 0.3 is 0 Å². The maximum absolute atomic E-state index is 11.7. The monoisotopic (exact) mass is 296 g/mol. The SMILES string of the molecule is CN(C)C(=O)c1ccc([C@H]2C=C(Br)NO2)cc1. The van der Waals surface area contributed by atoms with Crippen LogP contribution < -0.4 is 5.48 Å². The Hall–Kier alpha value is -1.33. The zero-order chi connectivity index (χ0) is 12.4. The van der Waals surface area contributed by atoms with E-state index in [-0.39, 0.29) is 12.0 Å². The Kier molecular flexibility index (Phi) is 3.49. The molecule has 4 nitrogen and oxygen atoms in total. The van der Waals surface area contributed by atoms with Gasteiger partial charge < -0.3 is 4.90 Å².